The minimum absolute atomic E-state index is 0.164. The van der Waals surface area contributed by atoms with Crippen LogP contribution in [0.5, 0.6) is 0 Å². The number of pyridine rings is 1. The fourth-order valence-electron chi connectivity index (χ4n) is 2.77. The molecule has 0 aliphatic carbocycles. The van der Waals surface area contributed by atoms with E-state index in [1.54, 1.807) is 41.9 Å². The summed E-state index contributed by atoms with van der Waals surface area (Å²) in [6, 6.07) is 12.7. The molecule has 3 rings (SSSR count). The molecule has 0 fully saturated rings. The highest BCUT2D eigenvalue weighted by Crippen LogP contribution is 2.30. The highest BCUT2D eigenvalue weighted by molar-refractivity contribution is 6.17. The van der Waals surface area contributed by atoms with Gasteiger partial charge in [0.2, 0.25) is 5.78 Å². The molecule has 2 heterocycles. The van der Waals surface area contributed by atoms with Crippen LogP contribution in [-0.4, -0.2) is 23.1 Å². The zero-order valence-electron chi connectivity index (χ0n) is 13.0. The number of anilines is 1. The third-order valence-electron chi connectivity index (χ3n) is 3.87. The molecular formula is C18H17N3O2. The van der Waals surface area contributed by atoms with Crippen molar-refractivity contribution < 1.29 is 9.59 Å². The first-order valence-corrected chi connectivity index (χ1v) is 7.26. The number of amides is 1. The number of aryl methyl sites for hydroxylation is 1. The molecule has 0 aliphatic rings. The first kappa shape index (κ1) is 14.8. The quantitative estimate of drug-likeness (QED) is 0.727. The predicted molar refractivity (Wildman–Crippen MR) is 90.1 cm³/mol. The van der Waals surface area contributed by atoms with Crippen molar-refractivity contribution in [2.45, 2.75) is 6.92 Å². The minimum Gasteiger partial charge on any atom is -0.386 e. The van der Waals surface area contributed by atoms with Crippen molar-refractivity contribution >= 4 is 22.9 Å². The van der Waals surface area contributed by atoms with Crippen LogP contribution in [0.4, 0.5) is 5.69 Å². The Bertz CT molecular complexity index is 908. The number of nitrogens with one attached hydrogen (secondary N) is 1. The molecule has 0 saturated carbocycles. The summed E-state index contributed by atoms with van der Waals surface area (Å²) in [5.41, 5.74) is 8.95. The average Bonchev–Trinajstić information content (AvgIpc) is 2.89. The van der Waals surface area contributed by atoms with Crippen LogP contribution in [0.3, 0.4) is 0 Å². The third kappa shape index (κ3) is 2.36. The van der Waals surface area contributed by atoms with Gasteiger partial charge in [0.25, 0.3) is 5.91 Å². The normalized spacial score (nSPS) is 10.7. The Hall–Kier alpha value is -3.08. The Balaban J connectivity index is 2.30. The largest absolute Gasteiger partial charge is 0.386 e. The van der Waals surface area contributed by atoms with Gasteiger partial charge in [-0.25, -0.2) is 0 Å². The lowest BCUT2D eigenvalue weighted by atomic mass is 10.0. The maximum absolute atomic E-state index is 13.0. The van der Waals surface area contributed by atoms with E-state index in [1.165, 1.54) is 0 Å². The molecule has 0 unspecified atom stereocenters. The second-order valence-corrected chi connectivity index (χ2v) is 5.36. The van der Waals surface area contributed by atoms with Crippen LogP contribution in [-0.2, 0) is 0 Å². The van der Waals surface area contributed by atoms with Crippen LogP contribution in [0, 0.1) is 6.92 Å². The lowest BCUT2D eigenvalue weighted by molar-refractivity contribution is 0.100. The van der Waals surface area contributed by atoms with Gasteiger partial charge in [-0.3, -0.25) is 9.59 Å². The maximum Gasteiger partial charge on any atom is 0.253 e. The second-order valence-electron chi connectivity index (χ2n) is 5.36. The van der Waals surface area contributed by atoms with Gasteiger partial charge in [0.15, 0.2) is 0 Å². The van der Waals surface area contributed by atoms with Crippen molar-refractivity contribution in [2.24, 2.45) is 5.73 Å². The Kier molecular flexibility index (Phi) is 3.62. The van der Waals surface area contributed by atoms with E-state index in [4.69, 9.17) is 5.73 Å². The second kappa shape index (κ2) is 5.61. The van der Waals surface area contributed by atoms with Crippen molar-refractivity contribution in [2.75, 3.05) is 12.4 Å². The lowest BCUT2D eigenvalue weighted by Gasteiger charge is -2.06. The Morgan fingerprint density at radius 3 is 2.39 bits per heavy atom. The van der Waals surface area contributed by atoms with Gasteiger partial charge >= 0.3 is 0 Å². The smallest absolute Gasteiger partial charge is 0.253 e. The number of ketones is 1. The van der Waals surface area contributed by atoms with Crippen molar-refractivity contribution in [1.29, 1.82) is 0 Å². The molecule has 0 spiro atoms. The van der Waals surface area contributed by atoms with Crippen molar-refractivity contribution in [3.63, 3.8) is 0 Å². The average molecular weight is 307 g/mol. The number of nitrogens with two attached hydrogens (primary N) is 1. The van der Waals surface area contributed by atoms with Crippen molar-refractivity contribution in [3.8, 4) is 0 Å². The zero-order chi connectivity index (χ0) is 16.6. The number of primary amides is 1. The number of nitrogens with zero attached hydrogens (tertiary/aromatic N) is 1. The molecule has 1 amide bonds. The molecular weight excluding hydrogens is 290 g/mol. The van der Waals surface area contributed by atoms with E-state index >= 15 is 0 Å². The van der Waals surface area contributed by atoms with E-state index in [0.717, 1.165) is 5.56 Å². The molecule has 0 saturated heterocycles. The van der Waals surface area contributed by atoms with Crippen LogP contribution in [0.15, 0.2) is 48.7 Å². The first-order chi connectivity index (χ1) is 11.0. The standard InChI is InChI=1S/C18H17N3O2/c1-11-6-8-12(9-7-11)17(22)16-15(20-2)14(18(19)23)13-5-3-4-10-21(13)16/h3-10,20H,1-2H3,(H2,19,23). The molecule has 0 radical (unpaired) electrons. The number of hydrogen-bond acceptors (Lipinski definition) is 3. The number of rotatable bonds is 4. The molecule has 3 N–H and O–H groups in total. The van der Waals surface area contributed by atoms with Crippen molar-refractivity contribution in [3.05, 3.63) is 71.0 Å². The Morgan fingerprint density at radius 1 is 1.09 bits per heavy atom. The molecule has 0 aliphatic heterocycles. The Labute approximate surface area is 133 Å². The fourth-order valence-corrected chi connectivity index (χ4v) is 2.77. The topological polar surface area (TPSA) is 76.6 Å². The summed E-state index contributed by atoms with van der Waals surface area (Å²) in [6.45, 7) is 1.96. The zero-order valence-corrected chi connectivity index (χ0v) is 13.0. The van der Waals surface area contributed by atoms with Crippen LogP contribution >= 0.6 is 0 Å². The SMILES string of the molecule is CNc1c(C(N)=O)c2ccccn2c1C(=O)c1ccc(C)cc1. The molecule has 5 nitrogen and oxygen atoms in total. The van der Waals surface area contributed by atoms with Crippen LogP contribution in [0.25, 0.3) is 5.52 Å². The molecule has 116 valence electrons. The third-order valence-corrected chi connectivity index (χ3v) is 3.87. The fraction of sp³-hybridized carbons (Fsp3) is 0.111. The predicted octanol–water partition coefficient (Wildman–Crippen LogP) is 2.62. The number of carbonyl (C=O) groups excluding carboxylic acids is 2. The van der Waals surface area contributed by atoms with Gasteiger partial charge < -0.3 is 15.5 Å². The molecule has 23 heavy (non-hydrogen) atoms. The minimum atomic E-state index is -0.569. The van der Waals surface area contributed by atoms with Gasteiger partial charge in [-0.15, -0.1) is 0 Å². The van der Waals surface area contributed by atoms with Crippen molar-refractivity contribution in [1.82, 2.24) is 4.40 Å². The summed E-state index contributed by atoms with van der Waals surface area (Å²) >= 11 is 0. The monoisotopic (exact) mass is 307 g/mol. The van der Waals surface area contributed by atoms with E-state index < -0.39 is 5.91 Å². The number of carbonyl (C=O) groups is 2. The van der Waals surface area contributed by atoms with Gasteiger partial charge in [-0.2, -0.15) is 0 Å². The van der Waals surface area contributed by atoms with Crippen LogP contribution < -0.4 is 11.1 Å². The van der Waals surface area contributed by atoms with E-state index in [-0.39, 0.29) is 5.78 Å². The molecule has 5 heteroatoms. The van der Waals surface area contributed by atoms with Crippen LogP contribution in [0.1, 0.15) is 32.0 Å². The highest BCUT2D eigenvalue weighted by atomic mass is 16.1. The highest BCUT2D eigenvalue weighted by Gasteiger charge is 2.25. The summed E-state index contributed by atoms with van der Waals surface area (Å²) < 4.78 is 1.70. The maximum atomic E-state index is 13.0. The molecule has 1 aromatic carbocycles. The van der Waals surface area contributed by atoms with Crippen LogP contribution in [0.2, 0.25) is 0 Å². The number of aromatic nitrogens is 1. The summed E-state index contributed by atoms with van der Waals surface area (Å²) in [5.74, 6) is -0.732. The molecule has 3 aromatic rings. The summed E-state index contributed by atoms with van der Waals surface area (Å²) in [6.07, 6.45) is 1.75. The lowest BCUT2D eigenvalue weighted by Crippen LogP contribution is -2.13. The molecule has 0 atom stereocenters. The molecule has 2 aromatic heterocycles. The van der Waals surface area contributed by atoms with E-state index in [1.807, 2.05) is 25.1 Å². The molecule has 0 bridgehead atoms. The number of fused-ring (bicyclic) bond motifs is 1. The Morgan fingerprint density at radius 2 is 1.78 bits per heavy atom. The van der Waals surface area contributed by atoms with Gasteiger partial charge in [0.05, 0.1) is 16.8 Å². The number of hydrogen-bond donors (Lipinski definition) is 2. The number of benzene rings is 1. The van der Waals surface area contributed by atoms with Gasteiger partial charge in [-0.05, 0) is 19.1 Å². The van der Waals surface area contributed by atoms with E-state index in [9.17, 15) is 9.59 Å². The summed E-state index contributed by atoms with van der Waals surface area (Å²) in [7, 11) is 1.67. The van der Waals surface area contributed by atoms with Gasteiger partial charge in [0.1, 0.15) is 5.69 Å². The summed E-state index contributed by atoms with van der Waals surface area (Å²) in [5, 5.41) is 2.95. The van der Waals surface area contributed by atoms with E-state index in [0.29, 0.717) is 28.0 Å². The van der Waals surface area contributed by atoms with Gasteiger partial charge in [0, 0.05) is 18.8 Å². The first-order valence-electron chi connectivity index (χ1n) is 7.26. The summed E-state index contributed by atoms with van der Waals surface area (Å²) in [4.78, 5) is 24.8. The van der Waals surface area contributed by atoms with E-state index in [2.05, 4.69) is 5.32 Å². The van der Waals surface area contributed by atoms with Gasteiger partial charge in [-0.1, -0.05) is 35.9 Å².